The van der Waals surface area contributed by atoms with Gasteiger partial charge in [-0.2, -0.15) is 0 Å². The van der Waals surface area contributed by atoms with E-state index in [1.54, 1.807) is 48.5 Å². The fourth-order valence-corrected chi connectivity index (χ4v) is 10.0. The van der Waals surface area contributed by atoms with Crippen molar-refractivity contribution in [1.29, 1.82) is 0 Å². The Morgan fingerprint density at radius 1 is 0.823 bits per heavy atom. The summed E-state index contributed by atoms with van der Waals surface area (Å²) in [5, 5.41) is 13.8. The average molecular weight is 981 g/mol. The molecule has 0 amide bonds. The molecule has 0 radical (unpaired) electrons. The third kappa shape index (κ3) is 7.89. The first-order valence-corrected chi connectivity index (χ1v) is 21.6. The first-order chi connectivity index (χ1) is 28.8. The zero-order valence-electron chi connectivity index (χ0n) is 33.5. The van der Waals surface area contributed by atoms with Gasteiger partial charge in [-0.25, -0.2) is 19.2 Å². The van der Waals surface area contributed by atoms with Gasteiger partial charge < -0.3 is 38.3 Å². The average Bonchev–Trinajstić information content (AvgIpc) is 4.00. The molecule has 1 N–H and O–H groups in total. The number of halogens is 6. The maximum atomic E-state index is 16.0. The van der Waals surface area contributed by atoms with E-state index in [2.05, 4.69) is 0 Å². The molecule has 62 heavy (non-hydrogen) atoms. The molecule has 2 saturated carbocycles. The third-order valence-electron chi connectivity index (χ3n) is 12.9. The number of alkyl halides is 6. The van der Waals surface area contributed by atoms with Gasteiger partial charge in [-0.15, -0.1) is 0 Å². The van der Waals surface area contributed by atoms with E-state index in [4.69, 9.17) is 103 Å². The molecule has 0 aromatic heterocycles. The highest BCUT2D eigenvalue weighted by molar-refractivity contribution is 6.76. The summed E-state index contributed by atoms with van der Waals surface area (Å²) in [6, 6.07) is 16.6. The molecule has 0 spiro atoms. The lowest BCUT2D eigenvalue weighted by Crippen LogP contribution is -2.82. The number of aliphatic hydroxyl groups is 1. The molecular formula is C42H40Cl6O14. The van der Waals surface area contributed by atoms with E-state index in [1.165, 1.54) is 39.8 Å². The molecule has 3 unspecified atom stereocenters. The Morgan fingerprint density at radius 2 is 1.40 bits per heavy atom. The first kappa shape index (κ1) is 46.8. The second-order valence-electron chi connectivity index (χ2n) is 16.7. The molecular weight excluding hydrogens is 941 g/mol. The maximum Gasteiger partial charge on any atom is 0.359 e. The van der Waals surface area contributed by atoms with Crippen LogP contribution in [0.25, 0.3) is 0 Å². The molecule has 2 aromatic rings. The van der Waals surface area contributed by atoms with Crippen LogP contribution in [-0.2, 0) is 57.1 Å². The van der Waals surface area contributed by atoms with Gasteiger partial charge in [-0.3, -0.25) is 9.59 Å². The fourth-order valence-electron chi connectivity index (χ4n) is 9.77. The Labute approximate surface area is 385 Å². The van der Waals surface area contributed by atoms with Crippen LogP contribution in [0.1, 0.15) is 69.5 Å². The minimum absolute atomic E-state index is 0.0139. The van der Waals surface area contributed by atoms with E-state index < -0.39 is 133 Å². The summed E-state index contributed by atoms with van der Waals surface area (Å²) in [6.07, 6.45) is -11.1. The Hall–Kier alpha value is -3.18. The lowest BCUT2D eigenvalue weighted by molar-refractivity contribution is -0.346. The van der Waals surface area contributed by atoms with Crippen LogP contribution in [0.15, 0.2) is 71.8 Å². The highest BCUT2D eigenvalue weighted by atomic mass is 35.6. The summed E-state index contributed by atoms with van der Waals surface area (Å²) < 4.78 is 36.5. The van der Waals surface area contributed by atoms with Crippen molar-refractivity contribution in [2.75, 3.05) is 6.61 Å². The van der Waals surface area contributed by atoms with Gasteiger partial charge in [0.1, 0.15) is 36.1 Å². The summed E-state index contributed by atoms with van der Waals surface area (Å²) in [5.74, 6) is -8.50. The largest absolute Gasteiger partial charge is 0.458 e. The van der Waals surface area contributed by atoms with Crippen LogP contribution < -0.4 is 0 Å². The van der Waals surface area contributed by atoms with E-state index in [9.17, 15) is 29.1 Å². The lowest BCUT2D eigenvalue weighted by Gasteiger charge is -2.67. The van der Waals surface area contributed by atoms with Crippen molar-refractivity contribution in [3.63, 3.8) is 0 Å². The number of Topliss-reactive ketones (excluding diaryl/α,β-unsaturated/α-hetero) is 1. The SMILES string of the molecule is CC(=O)O[C@@]12CO[C@@H]1C[C@H](OC(=O)C(Cl)(Cl)Cl)[C@@]1(C)C(=O)[C@H](OC(=O)C(Cl)(Cl)Cl)C3=C(C)C(OC(=O)[C@@H]4O[C@@H]4c4ccccc4)C[C@@](O)(C(OC(=O)c4ccccc4)C12)C3(C)C. The smallest absolute Gasteiger partial charge is 0.359 e. The molecule has 3 aliphatic carbocycles. The second-order valence-corrected chi connectivity index (χ2v) is 21.3. The summed E-state index contributed by atoms with van der Waals surface area (Å²) >= 11 is 36.1. The highest BCUT2D eigenvalue weighted by Crippen LogP contribution is 2.65. The Bertz CT molecular complexity index is 2210. The van der Waals surface area contributed by atoms with E-state index in [-0.39, 0.29) is 16.7 Å². The lowest BCUT2D eigenvalue weighted by atomic mass is 9.44. The van der Waals surface area contributed by atoms with Crippen molar-refractivity contribution in [2.24, 2.45) is 16.7 Å². The third-order valence-corrected chi connectivity index (χ3v) is 13.8. The number of fused-ring (bicyclic) bond motifs is 5. The van der Waals surface area contributed by atoms with Gasteiger partial charge in [-0.05, 0) is 42.7 Å². The Morgan fingerprint density at radius 3 is 1.95 bits per heavy atom. The van der Waals surface area contributed by atoms with Crippen molar-refractivity contribution in [3.05, 3.63) is 82.9 Å². The Kier molecular flexibility index (Phi) is 12.3. The van der Waals surface area contributed by atoms with Crippen molar-refractivity contribution in [2.45, 2.75) is 109 Å². The van der Waals surface area contributed by atoms with Crippen LogP contribution in [-0.4, -0.2) is 103 Å². The van der Waals surface area contributed by atoms with Gasteiger partial charge in [0.2, 0.25) is 0 Å². The van der Waals surface area contributed by atoms with Crippen molar-refractivity contribution in [3.8, 4) is 0 Å². The molecule has 2 bridgehead atoms. The number of benzene rings is 2. The Balaban J connectivity index is 1.48. The molecule has 5 aliphatic rings. The molecule has 11 atom stereocenters. The minimum atomic E-state index is -2.78. The molecule has 4 fully saturated rings. The first-order valence-electron chi connectivity index (χ1n) is 19.3. The monoisotopic (exact) mass is 978 g/mol. The van der Waals surface area contributed by atoms with E-state index in [0.717, 1.165) is 6.92 Å². The topological polar surface area (TPSA) is 191 Å². The zero-order valence-corrected chi connectivity index (χ0v) is 38.1. The van der Waals surface area contributed by atoms with Gasteiger partial charge in [-0.1, -0.05) is 132 Å². The molecule has 2 saturated heterocycles. The van der Waals surface area contributed by atoms with Crippen LogP contribution in [0.5, 0.6) is 0 Å². The molecule has 7 rings (SSSR count). The molecule has 2 aromatic carbocycles. The van der Waals surface area contributed by atoms with Gasteiger partial charge in [0.05, 0.1) is 23.5 Å². The normalized spacial score (nSPS) is 34.7. The second kappa shape index (κ2) is 16.4. The fraction of sp³-hybridized carbons (Fsp3) is 0.524. The van der Waals surface area contributed by atoms with Crippen LogP contribution in [0.4, 0.5) is 0 Å². The van der Waals surface area contributed by atoms with Crippen LogP contribution in [0.3, 0.4) is 0 Å². The van der Waals surface area contributed by atoms with Crippen molar-refractivity contribution < 1.29 is 67.0 Å². The summed E-state index contributed by atoms with van der Waals surface area (Å²) in [4.78, 5) is 84.6. The number of epoxide rings is 1. The van der Waals surface area contributed by atoms with Gasteiger partial charge >= 0.3 is 29.8 Å². The van der Waals surface area contributed by atoms with Gasteiger partial charge in [0.25, 0.3) is 7.59 Å². The highest BCUT2D eigenvalue weighted by Gasteiger charge is 2.79. The molecule has 20 heteroatoms. The molecule has 334 valence electrons. The quantitative estimate of drug-likeness (QED) is 0.0977. The number of carbonyl (C=O) groups excluding carboxylic acids is 6. The zero-order chi connectivity index (χ0) is 45.5. The van der Waals surface area contributed by atoms with Crippen molar-refractivity contribution >= 4 is 105 Å². The summed E-state index contributed by atoms with van der Waals surface area (Å²) in [7, 11) is 0. The number of esters is 5. The summed E-state index contributed by atoms with van der Waals surface area (Å²) in [6.45, 7) is 6.43. The minimum Gasteiger partial charge on any atom is -0.458 e. The van der Waals surface area contributed by atoms with Crippen LogP contribution >= 0.6 is 69.6 Å². The number of hydrogen-bond donors (Lipinski definition) is 1. The number of ketones is 1. The predicted molar refractivity (Wildman–Crippen MR) is 221 cm³/mol. The molecule has 2 heterocycles. The van der Waals surface area contributed by atoms with Gasteiger partial charge in [0.15, 0.2) is 23.6 Å². The predicted octanol–water partition coefficient (Wildman–Crippen LogP) is 6.62. The number of carbonyl (C=O) groups is 6. The van der Waals surface area contributed by atoms with Crippen molar-refractivity contribution in [1.82, 2.24) is 0 Å². The molecule has 2 aliphatic heterocycles. The number of rotatable bonds is 8. The van der Waals surface area contributed by atoms with Gasteiger partial charge in [0, 0.05) is 25.2 Å². The van der Waals surface area contributed by atoms with Crippen LogP contribution in [0.2, 0.25) is 0 Å². The number of ether oxygens (including phenoxy) is 7. The standard InChI is InChI=1S/C42H40Cl6O14/c1-19-23(57-34(52)29-27(59-29)21-12-8-6-9-13-21)17-40(55)32(61-33(51)22-14-10-7-11-15-22)30-38(5,31(50)28(26(19)37(40,3)4)60-36(54)42(46,47)48)24(58-35(53)41(43,44)45)16-25-39(30,18-56-25)62-20(2)49/h6-15,23-25,27-30,32,55H,16-18H2,1-5H3/t23?,24-,25+,27+,28+,29+,30?,32?,38+,39-,40+/m0/s1. The summed E-state index contributed by atoms with van der Waals surface area (Å²) in [5.41, 5.74) is -7.85. The van der Waals surface area contributed by atoms with E-state index in [0.29, 0.717) is 5.56 Å². The van der Waals surface area contributed by atoms with Crippen LogP contribution in [0, 0.1) is 16.7 Å². The maximum absolute atomic E-state index is 16.0. The van der Waals surface area contributed by atoms with E-state index in [1.807, 2.05) is 0 Å². The number of hydrogen-bond acceptors (Lipinski definition) is 14. The van der Waals surface area contributed by atoms with E-state index >= 15 is 4.79 Å². The molecule has 14 nitrogen and oxygen atoms in total.